The average molecular weight is 271 g/mol. The fourth-order valence-electron chi connectivity index (χ4n) is 1.29. The molecule has 17 heavy (non-hydrogen) atoms. The van der Waals surface area contributed by atoms with E-state index >= 15 is 0 Å². The van der Waals surface area contributed by atoms with Gasteiger partial charge in [-0.3, -0.25) is 0 Å². The number of thioether (sulfide) groups is 1. The Balaban J connectivity index is 2.34. The Hall–Kier alpha value is -0.890. The summed E-state index contributed by atoms with van der Waals surface area (Å²) in [5.41, 5.74) is 1.39. The number of aliphatic hydroxyl groups excluding tert-OH is 1. The van der Waals surface area contributed by atoms with Gasteiger partial charge in [-0.05, 0) is 30.4 Å². The molecule has 0 saturated heterocycles. The van der Waals surface area contributed by atoms with Crippen LogP contribution in [-0.2, 0) is 0 Å². The number of rotatable bonds is 7. The number of anilines is 1. The molecular formula is C12H15ClN2OS. The van der Waals surface area contributed by atoms with E-state index in [2.05, 4.69) is 11.4 Å². The number of hydrogen-bond donors (Lipinski definition) is 2. The third-order valence-corrected chi connectivity index (χ3v) is 3.42. The van der Waals surface area contributed by atoms with Crippen molar-refractivity contribution in [3.63, 3.8) is 0 Å². The molecule has 1 aromatic carbocycles. The number of benzene rings is 1. The summed E-state index contributed by atoms with van der Waals surface area (Å²) in [6, 6.07) is 7.35. The lowest BCUT2D eigenvalue weighted by atomic mass is 10.2. The van der Waals surface area contributed by atoms with Crippen LogP contribution in [0.15, 0.2) is 18.2 Å². The van der Waals surface area contributed by atoms with Crippen LogP contribution in [0.2, 0.25) is 5.02 Å². The molecule has 0 aromatic heterocycles. The molecule has 0 radical (unpaired) electrons. The highest BCUT2D eigenvalue weighted by Crippen LogP contribution is 2.19. The van der Waals surface area contributed by atoms with Gasteiger partial charge in [-0.2, -0.15) is 17.0 Å². The van der Waals surface area contributed by atoms with Crippen LogP contribution >= 0.6 is 23.4 Å². The minimum atomic E-state index is 0.246. The van der Waals surface area contributed by atoms with Crippen LogP contribution in [0.3, 0.4) is 0 Å². The van der Waals surface area contributed by atoms with Crippen molar-refractivity contribution in [3.05, 3.63) is 28.8 Å². The van der Waals surface area contributed by atoms with E-state index in [1.807, 2.05) is 6.07 Å². The molecule has 0 atom stereocenters. The zero-order valence-electron chi connectivity index (χ0n) is 9.45. The van der Waals surface area contributed by atoms with Crippen molar-refractivity contribution in [3.8, 4) is 6.07 Å². The summed E-state index contributed by atoms with van der Waals surface area (Å²) in [7, 11) is 0. The van der Waals surface area contributed by atoms with E-state index in [-0.39, 0.29) is 6.61 Å². The molecule has 0 aliphatic heterocycles. The summed E-state index contributed by atoms with van der Waals surface area (Å²) >= 11 is 7.59. The van der Waals surface area contributed by atoms with Crippen LogP contribution in [0.1, 0.15) is 12.0 Å². The first-order valence-corrected chi connectivity index (χ1v) is 6.93. The molecule has 0 fully saturated rings. The number of nitriles is 1. The molecule has 0 aliphatic carbocycles. The summed E-state index contributed by atoms with van der Waals surface area (Å²) in [5.74, 6) is 1.91. The van der Waals surface area contributed by atoms with Crippen LogP contribution in [0.25, 0.3) is 0 Å². The summed E-state index contributed by atoms with van der Waals surface area (Å²) in [4.78, 5) is 0. The average Bonchev–Trinajstić information content (AvgIpc) is 2.35. The molecule has 92 valence electrons. The Bertz CT molecular complexity index is 393. The highest BCUT2D eigenvalue weighted by molar-refractivity contribution is 7.99. The summed E-state index contributed by atoms with van der Waals surface area (Å²) in [5, 5.41) is 21.3. The minimum absolute atomic E-state index is 0.246. The van der Waals surface area contributed by atoms with Gasteiger partial charge < -0.3 is 10.4 Å². The Labute approximate surface area is 111 Å². The second-order valence-electron chi connectivity index (χ2n) is 3.42. The fourth-order valence-corrected chi connectivity index (χ4v) is 2.25. The molecule has 3 nitrogen and oxygen atoms in total. The Morgan fingerprint density at radius 3 is 2.94 bits per heavy atom. The van der Waals surface area contributed by atoms with Crippen molar-refractivity contribution in [1.29, 1.82) is 5.26 Å². The van der Waals surface area contributed by atoms with Gasteiger partial charge in [0.15, 0.2) is 0 Å². The first-order valence-electron chi connectivity index (χ1n) is 5.40. The molecule has 1 rings (SSSR count). The van der Waals surface area contributed by atoms with E-state index in [0.717, 1.165) is 30.2 Å². The lowest BCUT2D eigenvalue weighted by Crippen LogP contribution is -2.06. The summed E-state index contributed by atoms with van der Waals surface area (Å²) < 4.78 is 0. The first-order chi connectivity index (χ1) is 8.27. The second kappa shape index (κ2) is 8.24. The summed E-state index contributed by atoms with van der Waals surface area (Å²) in [6.45, 7) is 1.04. The smallest absolute Gasteiger partial charge is 0.101 e. The Kier molecular flexibility index (Phi) is 6.87. The van der Waals surface area contributed by atoms with Gasteiger partial charge in [0, 0.05) is 23.9 Å². The van der Waals surface area contributed by atoms with Crippen molar-refractivity contribution in [2.75, 3.05) is 30.0 Å². The maximum Gasteiger partial charge on any atom is 0.101 e. The van der Waals surface area contributed by atoms with Crippen LogP contribution in [-0.4, -0.2) is 29.8 Å². The molecule has 2 N–H and O–H groups in total. The van der Waals surface area contributed by atoms with Crippen molar-refractivity contribution >= 4 is 29.1 Å². The fraction of sp³-hybridized carbons (Fsp3) is 0.417. The maximum atomic E-state index is 8.93. The van der Waals surface area contributed by atoms with E-state index < -0.39 is 0 Å². The molecule has 0 amide bonds. The standard InChI is InChI=1S/C12H15ClN2OS/c13-11-2-3-12(10(8-11)9-14)15-4-7-17-6-1-5-16/h2-3,8,15-16H,1,4-7H2. The van der Waals surface area contributed by atoms with Gasteiger partial charge in [-0.25, -0.2) is 0 Å². The van der Waals surface area contributed by atoms with Crippen molar-refractivity contribution in [1.82, 2.24) is 0 Å². The van der Waals surface area contributed by atoms with E-state index in [1.165, 1.54) is 0 Å². The molecule has 0 spiro atoms. The van der Waals surface area contributed by atoms with Crippen molar-refractivity contribution < 1.29 is 5.11 Å². The molecule has 1 aromatic rings. The number of halogens is 1. The zero-order chi connectivity index (χ0) is 12.5. The third-order valence-electron chi connectivity index (χ3n) is 2.11. The van der Waals surface area contributed by atoms with E-state index in [1.54, 1.807) is 23.9 Å². The topological polar surface area (TPSA) is 56.0 Å². The van der Waals surface area contributed by atoms with Gasteiger partial charge in [-0.15, -0.1) is 0 Å². The lowest BCUT2D eigenvalue weighted by molar-refractivity contribution is 0.296. The molecule has 0 saturated carbocycles. The maximum absolute atomic E-state index is 8.93. The van der Waals surface area contributed by atoms with E-state index in [4.69, 9.17) is 22.0 Å². The Morgan fingerprint density at radius 1 is 1.41 bits per heavy atom. The van der Waals surface area contributed by atoms with E-state index in [0.29, 0.717) is 10.6 Å². The quantitative estimate of drug-likeness (QED) is 0.748. The van der Waals surface area contributed by atoms with Crippen molar-refractivity contribution in [2.45, 2.75) is 6.42 Å². The number of hydrogen-bond acceptors (Lipinski definition) is 4. The SMILES string of the molecule is N#Cc1cc(Cl)ccc1NCCSCCCO. The molecule has 5 heteroatoms. The molecule has 0 aliphatic rings. The first kappa shape index (κ1) is 14.2. The number of aliphatic hydroxyl groups is 1. The molecular weight excluding hydrogens is 256 g/mol. The lowest BCUT2D eigenvalue weighted by Gasteiger charge is -2.08. The predicted molar refractivity (Wildman–Crippen MR) is 73.7 cm³/mol. The van der Waals surface area contributed by atoms with Crippen LogP contribution in [0.4, 0.5) is 5.69 Å². The molecule has 0 unspecified atom stereocenters. The van der Waals surface area contributed by atoms with Gasteiger partial charge in [0.2, 0.25) is 0 Å². The summed E-state index contributed by atoms with van der Waals surface area (Å²) in [6.07, 6.45) is 0.828. The monoisotopic (exact) mass is 270 g/mol. The van der Waals surface area contributed by atoms with Crippen LogP contribution < -0.4 is 5.32 Å². The normalized spacial score (nSPS) is 9.94. The van der Waals surface area contributed by atoms with Gasteiger partial charge in [0.05, 0.1) is 11.3 Å². The van der Waals surface area contributed by atoms with Gasteiger partial charge in [-0.1, -0.05) is 11.6 Å². The van der Waals surface area contributed by atoms with Gasteiger partial charge in [0.1, 0.15) is 6.07 Å². The number of nitrogens with one attached hydrogen (secondary N) is 1. The molecule has 0 heterocycles. The number of nitrogens with zero attached hydrogens (tertiary/aromatic N) is 1. The predicted octanol–water partition coefficient (Wildman–Crippen LogP) is 2.74. The highest BCUT2D eigenvalue weighted by Gasteiger charge is 2.01. The third kappa shape index (κ3) is 5.31. The Morgan fingerprint density at radius 2 is 2.24 bits per heavy atom. The van der Waals surface area contributed by atoms with Crippen LogP contribution in [0.5, 0.6) is 0 Å². The highest BCUT2D eigenvalue weighted by atomic mass is 35.5. The van der Waals surface area contributed by atoms with Gasteiger partial charge >= 0.3 is 0 Å². The van der Waals surface area contributed by atoms with Gasteiger partial charge in [0.25, 0.3) is 0 Å². The largest absolute Gasteiger partial charge is 0.396 e. The second-order valence-corrected chi connectivity index (χ2v) is 5.08. The molecule has 0 bridgehead atoms. The van der Waals surface area contributed by atoms with E-state index in [9.17, 15) is 0 Å². The van der Waals surface area contributed by atoms with Crippen LogP contribution in [0, 0.1) is 11.3 Å². The zero-order valence-corrected chi connectivity index (χ0v) is 11.0. The van der Waals surface area contributed by atoms with Crippen molar-refractivity contribution in [2.24, 2.45) is 0 Å². The minimum Gasteiger partial charge on any atom is -0.396 e.